The highest BCUT2D eigenvalue weighted by Gasteiger charge is 2.15. The summed E-state index contributed by atoms with van der Waals surface area (Å²) >= 11 is 3.54. The zero-order valence-corrected chi connectivity index (χ0v) is 13.7. The van der Waals surface area contributed by atoms with Gasteiger partial charge in [0.2, 0.25) is 0 Å². The lowest BCUT2D eigenvalue weighted by molar-refractivity contribution is 0.748. The molecule has 1 heterocycles. The molecular weight excluding hydrogens is 328 g/mol. The molecule has 1 saturated carbocycles. The predicted octanol–water partition coefficient (Wildman–Crippen LogP) is 4.65. The maximum atomic E-state index is 4.49. The number of halogens is 1. The molecule has 0 spiro atoms. The second kappa shape index (κ2) is 6.43. The second-order valence-corrected chi connectivity index (χ2v) is 6.27. The van der Waals surface area contributed by atoms with Crippen molar-refractivity contribution in [3.8, 4) is 0 Å². The van der Waals surface area contributed by atoms with Crippen LogP contribution in [0.25, 0.3) is 0 Å². The SMILES string of the molecule is Cc1nc(Nc2ccccc2Br)cc(NC2CCCC2)n1. The molecule has 3 rings (SSSR count). The van der Waals surface area contributed by atoms with Gasteiger partial charge in [0.05, 0.1) is 5.69 Å². The van der Waals surface area contributed by atoms with Crippen LogP contribution in [-0.2, 0) is 0 Å². The minimum absolute atomic E-state index is 0.551. The number of aromatic nitrogens is 2. The third kappa shape index (κ3) is 3.73. The van der Waals surface area contributed by atoms with Crippen LogP contribution in [-0.4, -0.2) is 16.0 Å². The van der Waals surface area contributed by atoms with Crippen LogP contribution in [0.4, 0.5) is 17.3 Å². The first kappa shape index (κ1) is 14.3. The first-order valence-corrected chi connectivity index (χ1v) is 8.14. The van der Waals surface area contributed by atoms with Gasteiger partial charge in [0.15, 0.2) is 0 Å². The Hall–Kier alpha value is -1.62. The number of aryl methyl sites for hydroxylation is 1. The molecule has 0 radical (unpaired) electrons. The zero-order valence-electron chi connectivity index (χ0n) is 12.1. The van der Waals surface area contributed by atoms with E-state index in [9.17, 15) is 0 Å². The third-order valence-corrected chi connectivity index (χ3v) is 4.37. The molecule has 0 amide bonds. The number of nitrogens with one attached hydrogen (secondary N) is 2. The van der Waals surface area contributed by atoms with Crippen LogP contribution in [0.5, 0.6) is 0 Å². The molecule has 1 aliphatic rings. The van der Waals surface area contributed by atoms with Crippen molar-refractivity contribution in [2.45, 2.75) is 38.6 Å². The van der Waals surface area contributed by atoms with Crippen molar-refractivity contribution in [3.63, 3.8) is 0 Å². The molecule has 110 valence electrons. The zero-order chi connectivity index (χ0) is 14.7. The van der Waals surface area contributed by atoms with Crippen LogP contribution in [0.1, 0.15) is 31.5 Å². The average molecular weight is 347 g/mol. The fourth-order valence-corrected chi connectivity index (χ4v) is 3.07. The van der Waals surface area contributed by atoms with E-state index in [1.54, 1.807) is 0 Å². The smallest absolute Gasteiger partial charge is 0.136 e. The molecule has 0 unspecified atom stereocenters. The van der Waals surface area contributed by atoms with Crippen molar-refractivity contribution >= 4 is 33.3 Å². The van der Waals surface area contributed by atoms with Crippen LogP contribution in [0, 0.1) is 6.92 Å². The Morgan fingerprint density at radius 2 is 1.81 bits per heavy atom. The van der Waals surface area contributed by atoms with Crippen molar-refractivity contribution < 1.29 is 0 Å². The molecule has 2 aromatic rings. The van der Waals surface area contributed by atoms with Crippen LogP contribution in [0.15, 0.2) is 34.8 Å². The lowest BCUT2D eigenvalue weighted by atomic mass is 10.2. The van der Waals surface area contributed by atoms with E-state index in [4.69, 9.17) is 0 Å². The molecule has 1 aliphatic carbocycles. The van der Waals surface area contributed by atoms with Crippen LogP contribution < -0.4 is 10.6 Å². The van der Waals surface area contributed by atoms with Gasteiger partial charge >= 0.3 is 0 Å². The minimum atomic E-state index is 0.551. The third-order valence-electron chi connectivity index (χ3n) is 3.68. The molecule has 0 bridgehead atoms. The average Bonchev–Trinajstić information content (AvgIpc) is 2.93. The molecular formula is C16H19BrN4. The van der Waals surface area contributed by atoms with E-state index in [0.717, 1.165) is 27.6 Å². The number of hydrogen-bond donors (Lipinski definition) is 2. The van der Waals surface area contributed by atoms with Gasteiger partial charge in [-0.25, -0.2) is 9.97 Å². The van der Waals surface area contributed by atoms with E-state index in [1.165, 1.54) is 25.7 Å². The van der Waals surface area contributed by atoms with E-state index in [2.05, 4.69) is 36.5 Å². The lowest BCUT2D eigenvalue weighted by Crippen LogP contribution is -2.16. The van der Waals surface area contributed by atoms with Gasteiger partial charge in [-0.05, 0) is 47.8 Å². The van der Waals surface area contributed by atoms with Crippen molar-refractivity contribution in [1.29, 1.82) is 0 Å². The number of hydrogen-bond acceptors (Lipinski definition) is 4. The molecule has 2 N–H and O–H groups in total. The molecule has 0 saturated heterocycles. The summed E-state index contributed by atoms with van der Waals surface area (Å²) in [6.07, 6.45) is 5.08. The minimum Gasteiger partial charge on any atom is -0.367 e. The van der Waals surface area contributed by atoms with Gasteiger partial charge in [-0.15, -0.1) is 0 Å². The summed E-state index contributed by atoms with van der Waals surface area (Å²) in [5.74, 6) is 2.49. The number of para-hydroxylation sites is 1. The fraction of sp³-hybridized carbons (Fsp3) is 0.375. The second-order valence-electron chi connectivity index (χ2n) is 5.42. The molecule has 0 aliphatic heterocycles. The molecule has 1 aromatic heterocycles. The number of rotatable bonds is 4. The molecule has 1 aromatic carbocycles. The fourth-order valence-electron chi connectivity index (χ4n) is 2.69. The largest absolute Gasteiger partial charge is 0.367 e. The monoisotopic (exact) mass is 346 g/mol. The summed E-state index contributed by atoms with van der Waals surface area (Å²) in [6, 6.07) is 10.5. The number of anilines is 3. The summed E-state index contributed by atoms with van der Waals surface area (Å²) in [7, 11) is 0. The highest BCUT2D eigenvalue weighted by molar-refractivity contribution is 9.10. The Kier molecular flexibility index (Phi) is 4.39. The van der Waals surface area contributed by atoms with E-state index in [0.29, 0.717) is 6.04 Å². The summed E-state index contributed by atoms with van der Waals surface area (Å²) in [5.41, 5.74) is 1.00. The van der Waals surface area contributed by atoms with Gasteiger partial charge in [-0.3, -0.25) is 0 Å². The standard InChI is InChI=1S/C16H19BrN4/c1-11-18-15(20-12-6-2-3-7-12)10-16(19-11)21-14-9-5-4-8-13(14)17/h4-5,8-10,12H,2-3,6-7H2,1H3,(H2,18,19,20,21). The van der Waals surface area contributed by atoms with Gasteiger partial charge in [0.1, 0.15) is 17.5 Å². The quantitative estimate of drug-likeness (QED) is 0.846. The molecule has 5 heteroatoms. The molecule has 1 fully saturated rings. The summed E-state index contributed by atoms with van der Waals surface area (Å²) in [4.78, 5) is 8.95. The first-order valence-electron chi connectivity index (χ1n) is 7.34. The Labute approximate surface area is 133 Å². The van der Waals surface area contributed by atoms with E-state index >= 15 is 0 Å². The van der Waals surface area contributed by atoms with E-state index in [1.807, 2.05) is 37.3 Å². The Morgan fingerprint density at radius 3 is 2.57 bits per heavy atom. The summed E-state index contributed by atoms with van der Waals surface area (Å²) in [5, 5.41) is 6.86. The molecule has 4 nitrogen and oxygen atoms in total. The highest BCUT2D eigenvalue weighted by atomic mass is 79.9. The van der Waals surface area contributed by atoms with Crippen LogP contribution >= 0.6 is 15.9 Å². The number of nitrogens with zero attached hydrogens (tertiary/aromatic N) is 2. The molecule has 21 heavy (non-hydrogen) atoms. The summed E-state index contributed by atoms with van der Waals surface area (Å²) in [6.45, 7) is 1.92. The van der Waals surface area contributed by atoms with Gasteiger partial charge < -0.3 is 10.6 Å². The van der Waals surface area contributed by atoms with Gasteiger partial charge in [-0.1, -0.05) is 25.0 Å². The van der Waals surface area contributed by atoms with Gasteiger partial charge in [-0.2, -0.15) is 0 Å². The Bertz CT molecular complexity index is 623. The first-order chi connectivity index (χ1) is 10.2. The highest BCUT2D eigenvalue weighted by Crippen LogP contribution is 2.26. The van der Waals surface area contributed by atoms with Crippen molar-refractivity contribution in [2.24, 2.45) is 0 Å². The van der Waals surface area contributed by atoms with Crippen LogP contribution in [0.2, 0.25) is 0 Å². The van der Waals surface area contributed by atoms with Crippen molar-refractivity contribution in [3.05, 3.63) is 40.6 Å². The van der Waals surface area contributed by atoms with E-state index in [-0.39, 0.29) is 0 Å². The van der Waals surface area contributed by atoms with E-state index < -0.39 is 0 Å². The Balaban J connectivity index is 1.79. The normalized spacial score (nSPS) is 15.1. The number of benzene rings is 1. The molecule has 0 atom stereocenters. The van der Waals surface area contributed by atoms with Crippen molar-refractivity contribution in [1.82, 2.24) is 9.97 Å². The predicted molar refractivity (Wildman–Crippen MR) is 90.1 cm³/mol. The van der Waals surface area contributed by atoms with Gasteiger partial charge in [0.25, 0.3) is 0 Å². The summed E-state index contributed by atoms with van der Waals surface area (Å²) < 4.78 is 1.02. The maximum absolute atomic E-state index is 4.49. The van der Waals surface area contributed by atoms with Crippen molar-refractivity contribution in [2.75, 3.05) is 10.6 Å². The lowest BCUT2D eigenvalue weighted by Gasteiger charge is -2.14. The topological polar surface area (TPSA) is 49.8 Å². The Morgan fingerprint density at radius 1 is 1.10 bits per heavy atom. The van der Waals surface area contributed by atoms with Gasteiger partial charge in [0, 0.05) is 16.6 Å². The maximum Gasteiger partial charge on any atom is 0.136 e. The van der Waals surface area contributed by atoms with Crippen LogP contribution in [0.3, 0.4) is 0 Å².